The first-order valence-corrected chi connectivity index (χ1v) is 11.7. The molecule has 0 spiro atoms. The summed E-state index contributed by atoms with van der Waals surface area (Å²) in [6, 6.07) is 5.88. The maximum absolute atomic E-state index is 11.4. The summed E-state index contributed by atoms with van der Waals surface area (Å²) in [5.41, 5.74) is 1.88. The first-order valence-electron chi connectivity index (χ1n) is 11.7. The molecular weight excluding hydrogens is 442 g/mol. The minimum absolute atomic E-state index is 0.0676. The Morgan fingerprint density at radius 1 is 0.706 bits per heavy atom. The van der Waals surface area contributed by atoms with Crippen molar-refractivity contribution in [3.8, 4) is 0 Å². The Morgan fingerprint density at radius 2 is 1.12 bits per heavy atom. The topological polar surface area (TPSA) is 138 Å². The third kappa shape index (κ3) is 11.5. The van der Waals surface area contributed by atoms with Gasteiger partial charge in [-0.05, 0) is 38.4 Å². The van der Waals surface area contributed by atoms with Gasteiger partial charge in [0.15, 0.2) is 0 Å². The molecule has 1 aliphatic rings. The largest absolute Gasteiger partial charge is 0.480 e. The van der Waals surface area contributed by atoms with Crippen LogP contribution in [0.15, 0.2) is 18.2 Å². The van der Waals surface area contributed by atoms with Crippen molar-refractivity contribution >= 4 is 17.9 Å². The van der Waals surface area contributed by atoms with Gasteiger partial charge in [0, 0.05) is 58.1 Å². The molecule has 0 atom stereocenters. The molecule has 2 rings (SSSR count). The van der Waals surface area contributed by atoms with E-state index >= 15 is 0 Å². The van der Waals surface area contributed by atoms with Crippen LogP contribution in [0.5, 0.6) is 0 Å². The van der Waals surface area contributed by atoms with Gasteiger partial charge in [0.05, 0.1) is 25.3 Å². The van der Waals surface area contributed by atoms with Crippen molar-refractivity contribution < 1.29 is 29.7 Å². The maximum atomic E-state index is 11.4. The predicted octanol–water partition coefficient (Wildman–Crippen LogP) is 0.146. The van der Waals surface area contributed by atoms with Crippen LogP contribution in [0.2, 0.25) is 0 Å². The van der Waals surface area contributed by atoms with Crippen LogP contribution in [0.4, 0.5) is 0 Å². The first kappa shape index (κ1) is 27.6. The van der Waals surface area contributed by atoms with Crippen LogP contribution in [0, 0.1) is 6.92 Å². The number of carboxylic acid groups (broad SMARTS) is 3. The van der Waals surface area contributed by atoms with Crippen LogP contribution in [0.3, 0.4) is 0 Å². The Hall–Kier alpha value is -2.60. The second-order valence-corrected chi connectivity index (χ2v) is 8.76. The summed E-state index contributed by atoms with van der Waals surface area (Å²) in [4.78, 5) is 46.3. The molecular formula is C23H37N5O6. The van der Waals surface area contributed by atoms with Gasteiger partial charge in [0.2, 0.25) is 0 Å². The minimum atomic E-state index is -0.936. The lowest BCUT2D eigenvalue weighted by atomic mass is 10.2. The second-order valence-electron chi connectivity index (χ2n) is 8.76. The number of nitrogens with zero attached hydrogens (tertiary/aromatic N) is 5. The Balaban J connectivity index is 2.13. The smallest absolute Gasteiger partial charge is 0.317 e. The highest BCUT2D eigenvalue weighted by Crippen LogP contribution is 2.07. The summed E-state index contributed by atoms with van der Waals surface area (Å²) in [5.74, 6) is -2.73. The molecule has 2 heterocycles. The van der Waals surface area contributed by atoms with E-state index in [0.717, 1.165) is 17.8 Å². The summed E-state index contributed by atoms with van der Waals surface area (Å²) >= 11 is 0. The van der Waals surface area contributed by atoms with E-state index in [9.17, 15) is 29.7 Å². The molecule has 1 fully saturated rings. The zero-order valence-electron chi connectivity index (χ0n) is 19.9. The van der Waals surface area contributed by atoms with Crippen molar-refractivity contribution in [2.75, 3.05) is 72.0 Å². The van der Waals surface area contributed by atoms with Crippen LogP contribution < -0.4 is 0 Å². The van der Waals surface area contributed by atoms with Gasteiger partial charge in [-0.25, -0.2) is 0 Å². The zero-order chi connectivity index (χ0) is 24.9. The number of pyridine rings is 1. The minimum Gasteiger partial charge on any atom is -0.480 e. The predicted molar refractivity (Wildman–Crippen MR) is 126 cm³/mol. The molecule has 0 unspecified atom stereocenters. The van der Waals surface area contributed by atoms with Crippen LogP contribution in [0.25, 0.3) is 0 Å². The van der Waals surface area contributed by atoms with Gasteiger partial charge in [-0.15, -0.1) is 0 Å². The van der Waals surface area contributed by atoms with Crippen molar-refractivity contribution in [2.24, 2.45) is 0 Å². The Bertz CT molecular complexity index is 808. The molecule has 1 saturated heterocycles. The lowest BCUT2D eigenvalue weighted by Crippen LogP contribution is -2.44. The molecule has 1 aliphatic heterocycles. The summed E-state index contributed by atoms with van der Waals surface area (Å²) in [6.45, 7) is 6.73. The highest BCUT2D eigenvalue weighted by Gasteiger charge is 2.18. The lowest BCUT2D eigenvalue weighted by Gasteiger charge is -2.30. The average molecular weight is 480 g/mol. The van der Waals surface area contributed by atoms with E-state index in [1.165, 1.54) is 0 Å². The molecule has 190 valence electrons. The fourth-order valence-electron chi connectivity index (χ4n) is 4.17. The van der Waals surface area contributed by atoms with Gasteiger partial charge in [-0.1, -0.05) is 6.07 Å². The van der Waals surface area contributed by atoms with E-state index in [-0.39, 0.29) is 19.6 Å². The molecule has 1 aromatic rings. The SMILES string of the molecule is Cc1cccc(CN2CCCN(CC(=O)O)CCN(CC(=O)O)CCCN(CC(=O)O)CC2)n1. The number of hydrogen-bond donors (Lipinski definition) is 3. The van der Waals surface area contributed by atoms with E-state index in [1.54, 1.807) is 4.90 Å². The van der Waals surface area contributed by atoms with Gasteiger partial charge < -0.3 is 15.3 Å². The molecule has 0 amide bonds. The zero-order valence-corrected chi connectivity index (χ0v) is 19.9. The van der Waals surface area contributed by atoms with Crippen LogP contribution in [-0.4, -0.2) is 130 Å². The number of aryl methyl sites for hydroxylation is 1. The van der Waals surface area contributed by atoms with Crippen molar-refractivity contribution in [1.29, 1.82) is 0 Å². The molecule has 0 aliphatic carbocycles. The fourth-order valence-corrected chi connectivity index (χ4v) is 4.17. The second kappa shape index (κ2) is 14.6. The van der Waals surface area contributed by atoms with Crippen molar-refractivity contribution in [1.82, 2.24) is 24.6 Å². The molecule has 3 N–H and O–H groups in total. The van der Waals surface area contributed by atoms with Crippen molar-refractivity contribution in [2.45, 2.75) is 26.3 Å². The highest BCUT2D eigenvalue weighted by atomic mass is 16.4. The standard InChI is InChI=1S/C23H37N5O6/c1-19-5-2-6-20(24-19)15-25-7-3-8-27(17-22(31)32)13-14-28(18-23(33)34)10-4-9-26(12-11-25)16-21(29)30/h2,5-6H,3-4,7-18H2,1H3,(H,29,30)(H,31,32)(H,33,34). The maximum Gasteiger partial charge on any atom is 0.317 e. The van der Waals surface area contributed by atoms with Crippen LogP contribution in [0.1, 0.15) is 24.2 Å². The third-order valence-corrected chi connectivity index (χ3v) is 5.77. The molecule has 11 nitrogen and oxygen atoms in total. The van der Waals surface area contributed by atoms with E-state index < -0.39 is 17.9 Å². The van der Waals surface area contributed by atoms with E-state index in [0.29, 0.717) is 65.3 Å². The fraction of sp³-hybridized carbons (Fsp3) is 0.652. The van der Waals surface area contributed by atoms with Crippen LogP contribution >= 0.6 is 0 Å². The number of aliphatic carboxylic acids is 3. The number of aromatic nitrogens is 1. The number of carbonyl (C=O) groups is 3. The lowest BCUT2D eigenvalue weighted by molar-refractivity contribution is -0.140. The molecule has 0 radical (unpaired) electrons. The van der Waals surface area contributed by atoms with Gasteiger partial charge in [0.1, 0.15) is 0 Å². The van der Waals surface area contributed by atoms with Gasteiger partial charge in [0.25, 0.3) is 0 Å². The summed E-state index contributed by atoms with van der Waals surface area (Å²) in [6.07, 6.45) is 1.36. The molecule has 1 aromatic heterocycles. The van der Waals surface area contributed by atoms with E-state index in [4.69, 9.17) is 0 Å². The Morgan fingerprint density at radius 3 is 1.53 bits per heavy atom. The molecule has 0 aromatic carbocycles. The number of rotatable bonds is 8. The molecule has 0 bridgehead atoms. The third-order valence-electron chi connectivity index (χ3n) is 5.77. The molecule has 11 heteroatoms. The monoisotopic (exact) mass is 479 g/mol. The van der Waals surface area contributed by atoms with Crippen molar-refractivity contribution in [3.05, 3.63) is 29.6 Å². The highest BCUT2D eigenvalue weighted by molar-refractivity contribution is 5.69. The summed E-state index contributed by atoms with van der Waals surface area (Å²) < 4.78 is 0. The van der Waals surface area contributed by atoms with Gasteiger partial charge >= 0.3 is 17.9 Å². The number of hydrogen-bond acceptors (Lipinski definition) is 8. The molecule has 0 saturated carbocycles. The average Bonchev–Trinajstić information content (AvgIpc) is 2.73. The van der Waals surface area contributed by atoms with E-state index in [1.807, 2.05) is 34.9 Å². The summed E-state index contributed by atoms with van der Waals surface area (Å²) in [5, 5.41) is 27.9. The van der Waals surface area contributed by atoms with Gasteiger partial charge in [-0.3, -0.25) is 39.0 Å². The van der Waals surface area contributed by atoms with E-state index in [2.05, 4.69) is 9.88 Å². The van der Waals surface area contributed by atoms with Crippen molar-refractivity contribution in [3.63, 3.8) is 0 Å². The summed E-state index contributed by atoms with van der Waals surface area (Å²) in [7, 11) is 0. The van der Waals surface area contributed by atoms with Gasteiger partial charge in [-0.2, -0.15) is 0 Å². The Labute approximate surface area is 200 Å². The molecule has 34 heavy (non-hydrogen) atoms. The first-order chi connectivity index (χ1) is 16.2. The Kier molecular flexibility index (Phi) is 11.9. The normalized spacial score (nSPS) is 18.9. The quantitative estimate of drug-likeness (QED) is 0.469. The van der Waals surface area contributed by atoms with Crippen LogP contribution in [-0.2, 0) is 20.9 Å². The number of carboxylic acids is 3.